The Labute approximate surface area is 233 Å². The van der Waals surface area contributed by atoms with E-state index in [9.17, 15) is 0 Å². The Morgan fingerprint density at radius 2 is 1.85 bits per heavy atom. The van der Waals surface area contributed by atoms with Crippen LogP contribution in [0.15, 0.2) is 29.9 Å². The van der Waals surface area contributed by atoms with Gasteiger partial charge in [-0.05, 0) is 51.8 Å². The zero-order chi connectivity index (χ0) is 26.9. The number of piperazine rings is 1. The first-order chi connectivity index (χ1) is 19.0. The second-order valence-electron chi connectivity index (χ2n) is 10.7. The highest BCUT2D eigenvalue weighted by Gasteiger charge is 2.30. The third kappa shape index (κ3) is 5.30. The summed E-state index contributed by atoms with van der Waals surface area (Å²) in [5, 5.41) is 12.5. The highest BCUT2D eigenvalue weighted by molar-refractivity contribution is 7.09. The van der Waals surface area contributed by atoms with Crippen molar-refractivity contribution in [1.29, 1.82) is 0 Å². The van der Waals surface area contributed by atoms with E-state index in [0.717, 1.165) is 70.4 Å². The van der Waals surface area contributed by atoms with E-state index in [1.54, 1.807) is 24.8 Å². The number of methoxy groups -OCH3 is 1. The van der Waals surface area contributed by atoms with E-state index in [4.69, 9.17) is 15.6 Å². The lowest BCUT2D eigenvalue weighted by Crippen LogP contribution is -2.49. The number of fused-ring (bicyclic) bond motifs is 1. The molecule has 1 aliphatic heterocycles. The van der Waals surface area contributed by atoms with Gasteiger partial charge in [-0.2, -0.15) is 5.10 Å². The summed E-state index contributed by atoms with van der Waals surface area (Å²) in [7, 11) is 3.90. The van der Waals surface area contributed by atoms with Crippen LogP contribution in [0.1, 0.15) is 42.4 Å². The number of thiazole rings is 1. The molecule has 11 heteroatoms. The molecule has 0 bridgehead atoms. The van der Waals surface area contributed by atoms with E-state index in [1.807, 2.05) is 19.1 Å². The van der Waals surface area contributed by atoms with Gasteiger partial charge < -0.3 is 20.7 Å². The molecule has 0 unspecified atom stereocenters. The minimum Gasteiger partial charge on any atom is -0.495 e. The molecule has 4 heterocycles. The van der Waals surface area contributed by atoms with Crippen molar-refractivity contribution in [3.05, 3.63) is 40.6 Å². The van der Waals surface area contributed by atoms with Crippen LogP contribution in [0.5, 0.6) is 5.75 Å². The summed E-state index contributed by atoms with van der Waals surface area (Å²) in [6, 6.07) is 7.05. The molecule has 39 heavy (non-hydrogen) atoms. The van der Waals surface area contributed by atoms with Crippen molar-refractivity contribution in [1.82, 2.24) is 34.5 Å². The maximum absolute atomic E-state index is 6.42. The molecule has 4 aromatic rings. The number of ether oxygens (including phenoxy) is 1. The van der Waals surface area contributed by atoms with Crippen LogP contribution in [0.4, 0.5) is 11.5 Å². The summed E-state index contributed by atoms with van der Waals surface area (Å²) in [6.07, 6.45) is 6.07. The van der Waals surface area contributed by atoms with E-state index in [2.05, 4.69) is 53.2 Å². The van der Waals surface area contributed by atoms with Crippen molar-refractivity contribution in [3.8, 4) is 17.0 Å². The number of nitrogens with zero attached hydrogens (tertiary/aromatic N) is 7. The highest BCUT2D eigenvalue weighted by Crippen LogP contribution is 2.39. The molecule has 0 spiro atoms. The van der Waals surface area contributed by atoms with Gasteiger partial charge in [0.2, 0.25) is 0 Å². The van der Waals surface area contributed by atoms with Crippen LogP contribution in [0, 0.1) is 6.92 Å². The zero-order valence-electron chi connectivity index (χ0n) is 22.9. The summed E-state index contributed by atoms with van der Waals surface area (Å²) in [5.74, 6) is 1.19. The number of hydrogen-bond donors (Lipinski definition) is 2. The number of nitrogens with one attached hydrogen (secondary N) is 1. The molecule has 206 valence electrons. The summed E-state index contributed by atoms with van der Waals surface area (Å²) >= 11 is 1.65. The fourth-order valence-electron chi connectivity index (χ4n) is 5.97. The van der Waals surface area contributed by atoms with Crippen LogP contribution in [-0.4, -0.2) is 80.9 Å². The fraction of sp³-hybridized carbons (Fsp3) is 0.500. The third-order valence-electron chi connectivity index (χ3n) is 8.19. The molecular weight excluding hydrogens is 510 g/mol. The van der Waals surface area contributed by atoms with Gasteiger partial charge >= 0.3 is 0 Å². The number of aromatic nitrogens is 5. The number of hydrogen-bond acceptors (Lipinski definition) is 10. The molecule has 1 aliphatic carbocycles. The minimum atomic E-state index is 0.295. The first kappa shape index (κ1) is 26.0. The van der Waals surface area contributed by atoms with E-state index in [-0.39, 0.29) is 0 Å². The van der Waals surface area contributed by atoms with Crippen molar-refractivity contribution in [2.75, 3.05) is 51.4 Å². The van der Waals surface area contributed by atoms with E-state index in [0.29, 0.717) is 24.4 Å². The van der Waals surface area contributed by atoms with Crippen LogP contribution in [0.25, 0.3) is 22.3 Å². The largest absolute Gasteiger partial charge is 0.495 e. The Morgan fingerprint density at radius 3 is 2.56 bits per heavy atom. The van der Waals surface area contributed by atoms with Crippen molar-refractivity contribution < 1.29 is 4.74 Å². The smallest absolute Gasteiger partial charge is 0.164 e. The quantitative estimate of drug-likeness (QED) is 0.352. The highest BCUT2D eigenvalue weighted by atomic mass is 32.1. The van der Waals surface area contributed by atoms with Gasteiger partial charge in [-0.1, -0.05) is 6.07 Å². The molecule has 1 saturated carbocycles. The Hall–Kier alpha value is -3.28. The number of rotatable bonds is 7. The van der Waals surface area contributed by atoms with Crippen molar-refractivity contribution in [2.24, 2.45) is 0 Å². The van der Waals surface area contributed by atoms with Gasteiger partial charge in [0.05, 0.1) is 41.5 Å². The molecule has 1 saturated heterocycles. The normalized spacial score (nSPS) is 20.9. The molecule has 10 nitrogen and oxygen atoms in total. The van der Waals surface area contributed by atoms with Gasteiger partial charge in [-0.25, -0.2) is 19.6 Å². The summed E-state index contributed by atoms with van der Waals surface area (Å²) in [4.78, 5) is 18.6. The van der Waals surface area contributed by atoms with Crippen molar-refractivity contribution in [3.63, 3.8) is 0 Å². The summed E-state index contributed by atoms with van der Waals surface area (Å²) in [5.41, 5.74) is 10.9. The second kappa shape index (κ2) is 11.1. The number of aryl methyl sites for hydroxylation is 1. The lowest BCUT2D eigenvalue weighted by atomic mass is 9.90. The maximum Gasteiger partial charge on any atom is 0.164 e. The van der Waals surface area contributed by atoms with Crippen LogP contribution >= 0.6 is 11.3 Å². The fourth-order valence-corrected chi connectivity index (χ4v) is 6.58. The third-order valence-corrected chi connectivity index (χ3v) is 9.01. The maximum atomic E-state index is 6.42. The van der Waals surface area contributed by atoms with Crippen LogP contribution < -0.4 is 15.8 Å². The lowest BCUT2D eigenvalue weighted by molar-refractivity contribution is 0.0815. The molecule has 2 aliphatic rings. The topological polar surface area (TPSA) is 110 Å². The average molecular weight is 548 g/mol. The van der Waals surface area contributed by atoms with Gasteiger partial charge in [-0.3, -0.25) is 4.90 Å². The van der Waals surface area contributed by atoms with Crippen LogP contribution in [0.3, 0.4) is 0 Å². The SMILES string of the molecule is COc1cc(-c2nn([C@H]3CC[C@H](N4CCN(C)CC4)CC3)c3ncnc(N)c23)ccc1NCc1csc(C)n1. The number of benzene rings is 1. The summed E-state index contributed by atoms with van der Waals surface area (Å²) in [6.45, 7) is 7.30. The van der Waals surface area contributed by atoms with E-state index in [1.165, 1.54) is 25.9 Å². The van der Waals surface area contributed by atoms with E-state index >= 15 is 0 Å². The molecule has 1 aromatic carbocycles. The van der Waals surface area contributed by atoms with Gasteiger partial charge in [0.25, 0.3) is 0 Å². The van der Waals surface area contributed by atoms with Crippen molar-refractivity contribution in [2.45, 2.75) is 51.2 Å². The summed E-state index contributed by atoms with van der Waals surface area (Å²) < 4.78 is 7.86. The minimum absolute atomic E-state index is 0.295. The molecule has 3 aromatic heterocycles. The average Bonchev–Trinajstić information content (AvgIpc) is 3.56. The number of anilines is 2. The van der Waals surface area contributed by atoms with Gasteiger partial charge in [0.15, 0.2) is 5.65 Å². The molecule has 0 amide bonds. The Balaban J connectivity index is 1.25. The number of nitrogens with two attached hydrogens (primary N) is 1. The first-order valence-electron chi connectivity index (χ1n) is 13.7. The van der Waals surface area contributed by atoms with Crippen molar-refractivity contribution >= 4 is 33.9 Å². The first-order valence-corrected chi connectivity index (χ1v) is 14.6. The molecule has 6 rings (SSSR count). The number of nitrogen functional groups attached to an aromatic ring is 1. The Morgan fingerprint density at radius 1 is 1.08 bits per heavy atom. The standard InChI is InChI=1S/C28H37N9OS/c1-18-33-20(16-39-18)15-30-23-9-4-19(14-24(23)38-3)26-25-27(29)31-17-32-28(25)37(34-26)22-7-5-21(6-8-22)36-12-10-35(2)11-13-36/h4,9,14,16-17,21-22,30H,5-8,10-13,15H2,1-3H3,(H2,29,31,32)/t21-,22-. The van der Waals surface area contributed by atoms with E-state index < -0.39 is 0 Å². The molecule has 2 fully saturated rings. The number of likely N-dealkylation sites (N-methyl/N-ethyl adjacent to an activating group) is 1. The lowest BCUT2D eigenvalue weighted by Gasteiger charge is -2.41. The molecule has 0 radical (unpaired) electrons. The Kier molecular flexibility index (Phi) is 7.37. The predicted molar refractivity (Wildman–Crippen MR) is 156 cm³/mol. The molecular formula is C28H37N9OS. The predicted octanol–water partition coefficient (Wildman–Crippen LogP) is 4.19. The Bertz CT molecular complexity index is 1430. The molecule has 0 atom stereocenters. The zero-order valence-corrected chi connectivity index (χ0v) is 23.7. The van der Waals surface area contributed by atoms with Gasteiger partial charge in [0, 0.05) is 43.2 Å². The second-order valence-corrected chi connectivity index (χ2v) is 11.7. The van der Waals surface area contributed by atoms with Gasteiger partial charge in [0.1, 0.15) is 23.6 Å². The van der Waals surface area contributed by atoms with Crippen LogP contribution in [-0.2, 0) is 6.54 Å². The van der Waals surface area contributed by atoms with Gasteiger partial charge in [-0.15, -0.1) is 11.3 Å². The monoisotopic (exact) mass is 547 g/mol. The molecule has 3 N–H and O–H groups in total. The van der Waals surface area contributed by atoms with Crippen LogP contribution in [0.2, 0.25) is 0 Å².